The van der Waals surface area contributed by atoms with Crippen LogP contribution in [0.15, 0.2) is 47.1 Å². The summed E-state index contributed by atoms with van der Waals surface area (Å²) in [5.41, 5.74) is 1.18. The molecule has 0 saturated carbocycles. The van der Waals surface area contributed by atoms with E-state index >= 15 is 0 Å². The van der Waals surface area contributed by atoms with Crippen LogP contribution in [0.25, 0.3) is 0 Å². The molecule has 0 saturated heterocycles. The molecule has 5 heteroatoms. The molecule has 1 unspecified atom stereocenters. The Labute approximate surface area is 122 Å². The van der Waals surface area contributed by atoms with E-state index in [1.807, 2.05) is 37.3 Å². The zero-order valence-corrected chi connectivity index (χ0v) is 11.7. The zero-order valence-electron chi connectivity index (χ0n) is 11.7. The lowest BCUT2D eigenvalue weighted by Gasteiger charge is -2.12. The van der Waals surface area contributed by atoms with Crippen LogP contribution in [-0.4, -0.2) is 23.0 Å². The third kappa shape index (κ3) is 4.21. The Morgan fingerprint density at radius 1 is 1.29 bits per heavy atom. The van der Waals surface area contributed by atoms with E-state index in [0.717, 1.165) is 19.1 Å². The highest BCUT2D eigenvalue weighted by atomic mass is 16.4. The topological polar surface area (TPSA) is 79.5 Å². The number of amides is 1. The van der Waals surface area contributed by atoms with Gasteiger partial charge in [-0.05, 0) is 25.3 Å². The van der Waals surface area contributed by atoms with Gasteiger partial charge in [-0.15, -0.1) is 0 Å². The molecule has 5 nitrogen and oxygen atoms in total. The summed E-state index contributed by atoms with van der Waals surface area (Å²) in [6.45, 7) is 1.90. The van der Waals surface area contributed by atoms with Gasteiger partial charge in [-0.25, -0.2) is 4.79 Å². The standard InChI is InChI=1S/C16H17NO4/c1-11(7-8-12-5-3-2-4-6-12)17-15(18)14-9-13(10-21-14)16(19)20/h2-6,9-11H,7-8H2,1H3,(H,17,18)(H,19,20). The van der Waals surface area contributed by atoms with Gasteiger partial charge in [0.25, 0.3) is 5.91 Å². The quantitative estimate of drug-likeness (QED) is 0.856. The van der Waals surface area contributed by atoms with Crippen molar-refractivity contribution in [3.05, 3.63) is 59.5 Å². The Bertz CT molecular complexity index is 618. The molecule has 1 aromatic heterocycles. The Balaban J connectivity index is 1.85. The first-order valence-corrected chi connectivity index (χ1v) is 6.73. The fourth-order valence-corrected chi connectivity index (χ4v) is 1.96. The number of aryl methyl sites for hydroxylation is 1. The van der Waals surface area contributed by atoms with Gasteiger partial charge in [0.1, 0.15) is 6.26 Å². The van der Waals surface area contributed by atoms with Crippen LogP contribution in [0.4, 0.5) is 0 Å². The maximum Gasteiger partial charge on any atom is 0.338 e. The SMILES string of the molecule is CC(CCc1ccccc1)NC(=O)c1cc(C(=O)O)co1. The summed E-state index contributed by atoms with van der Waals surface area (Å²) in [7, 11) is 0. The molecule has 1 amide bonds. The molecule has 110 valence electrons. The highest BCUT2D eigenvalue weighted by molar-refractivity contribution is 5.95. The molecule has 1 heterocycles. The van der Waals surface area contributed by atoms with Crippen LogP contribution in [0, 0.1) is 0 Å². The van der Waals surface area contributed by atoms with Crippen molar-refractivity contribution in [2.45, 2.75) is 25.8 Å². The lowest BCUT2D eigenvalue weighted by atomic mass is 10.1. The molecular weight excluding hydrogens is 270 g/mol. The molecule has 0 fully saturated rings. The molecule has 2 aromatic rings. The fraction of sp³-hybridized carbons (Fsp3) is 0.250. The van der Waals surface area contributed by atoms with Gasteiger partial charge in [0.2, 0.25) is 0 Å². The third-order valence-corrected chi connectivity index (χ3v) is 3.16. The first kappa shape index (κ1) is 14.8. The monoisotopic (exact) mass is 287 g/mol. The predicted octanol–water partition coefficient (Wildman–Crippen LogP) is 2.73. The van der Waals surface area contributed by atoms with Crippen LogP contribution in [0.5, 0.6) is 0 Å². The molecule has 0 spiro atoms. The number of benzene rings is 1. The Kier molecular flexibility index (Phi) is 4.77. The van der Waals surface area contributed by atoms with Gasteiger partial charge in [-0.3, -0.25) is 4.79 Å². The number of nitrogens with one attached hydrogen (secondary N) is 1. The van der Waals surface area contributed by atoms with Gasteiger partial charge in [-0.2, -0.15) is 0 Å². The fourth-order valence-electron chi connectivity index (χ4n) is 1.96. The van der Waals surface area contributed by atoms with Crippen LogP contribution < -0.4 is 5.32 Å². The molecule has 2 N–H and O–H groups in total. The summed E-state index contributed by atoms with van der Waals surface area (Å²) in [6, 6.07) is 11.2. The number of furan rings is 1. The van der Waals surface area contributed by atoms with Crippen LogP contribution in [0.3, 0.4) is 0 Å². The Morgan fingerprint density at radius 2 is 2.00 bits per heavy atom. The Hall–Kier alpha value is -2.56. The van der Waals surface area contributed by atoms with E-state index < -0.39 is 11.9 Å². The van der Waals surface area contributed by atoms with Crippen molar-refractivity contribution in [2.24, 2.45) is 0 Å². The lowest BCUT2D eigenvalue weighted by molar-refractivity contribution is 0.0695. The van der Waals surface area contributed by atoms with E-state index in [9.17, 15) is 9.59 Å². The van der Waals surface area contributed by atoms with E-state index in [1.165, 1.54) is 11.6 Å². The average molecular weight is 287 g/mol. The second kappa shape index (κ2) is 6.74. The summed E-state index contributed by atoms with van der Waals surface area (Å²) in [4.78, 5) is 22.6. The van der Waals surface area contributed by atoms with E-state index in [-0.39, 0.29) is 17.4 Å². The van der Waals surface area contributed by atoms with E-state index in [2.05, 4.69) is 5.32 Å². The number of aromatic carboxylic acids is 1. The highest BCUT2D eigenvalue weighted by Gasteiger charge is 2.16. The van der Waals surface area contributed by atoms with Crippen LogP contribution >= 0.6 is 0 Å². The molecule has 0 aliphatic heterocycles. The molecule has 0 bridgehead atoms. The van der Waals surface area contributed by atoms with Crippen molar-refractivity contribution < 1.29 is 19.1 Å². The molecule has 1 atom stereocenters. The van der Waals surface area contributed by atoms with E-state index in [4.69, 9.17) is 9.52 Å². The van der Waals surface area contributed by atoms with Gasteiger partial charge in [-0.1, -0.05) is 30.3 Å². The second-order valence-electron chi connectivity index (χ2n) is 4.90. The zero-order chi connectivity index (χ0) is 15.2. The minimum absolute atomic E-state index is 0.0129. The molecule has 1 aromatic carbocycles. The third-order valence-electron chi connectivity index (χ3n) is 3.16. The molecule has 2 rings (SSSR count). The number of carbonyl (C=O) groups excluding carboxylic acids is 1. The summed E-state index contributed by atoms with van der Waals surface area (Å²) in [6.07, 6.45) is 2.72. The molecular formula is C16H17NO4. The van der Waals surface area contributed by atoms with Gasteiger partial charge >= 0.3 is 5.97 Å². The molecule has 0 aliphatic carbocycles. The van der Waals surface area contributed by atoms with Crippen molar-refractivity contribution in [2.75, 3.05) is 0 Å². The molecule has 0 aliphatic rings. The number of carbonyl (C=O) groups is 2. The first-order chi connectivity index (χ1) is 10.1. The van der Waals surface area contributed by atoms with Gasteiger partial charge in [0.05, 0.1) is 5.56 Å². The van der Waals surface area contributed by atoms with Crippen molar-refractivity contribution in [3.8, 4) is 0 Å². The summed E-state index contributed by atoms with van der Waals surface area (Å²) in [5.74, 6) is -1.50. The van der Waals surface area contributed by atoms with Gasteiger partial charge in [0.15, 0.2) is 5.76 Å². The van der Waals surface area contributed by atoms with Gasteiger partial charge in [0, 0.05) is 12.1 Å². The van der Waals surface area contributed by atoms with Crippen LogP contribution in [-0.2, 0) is 6.42 Å². The highest BCUT2D eigenvalue weighted by Crippen LogP contribution is 2.09. The first-order valence-electron chi connectivity index (χ1n) is 6.73. The lowest BCUT2D eigenvalue weighted by Crippen LogP contribution is -2.32. The molecule has 0 radical (unpaired) electrons. The minimum Gasteiger partial charge on any atom is -0.478 e. The van der Waals surface area contributed by atoms with E-state index in [1.54, 1.807) is 0 Å². The number of hydrogen-bond acceptors (Lipinski definition) is 3. The summed E-state index contributed by atoms with van der Waals surface area (Å²) < 4.78 is 4.96. The second-order valence-corrected chi connectivity index (χ2v) is 4.90. The number of rotatable bonds is 6. The van der Waals surface area contributed by atoms with Crippen LogP contribution in [0.1, 0.15) is 39.8 Å². The maximum absolute atomic E-state index is 11.9. The Morgan fingerprint density at radius 3 is 2.62 bits per heavy atom. The van der Waals surface area contributed by atoms with Crippen molar-refractivity contribution in [1.82, 2.24) is 5.32 Å². The van der Waals surface area contributed by atoms with Gasteiger partial charge < -0.3 is 14.8 Å². The number of carboxylic acids is 1. The number of hydrogen-bond donors (Lipinski definition) is 2. The van der Waals surface area contributed by atoms with Crippen molar-refractivity contribution in [1.29, 1.82) is 0 Å². The smallest absolute Gasteiger partial charge is 0.338 e. The largest absolute Gasteiger partial charge is 0.478 e. The normalized spacial score (nSPS) is 11.9. The summed E-state index contributed by atoms with van der Waals surface area (Å²) >= 11 is 0. The average Bonchev–Trinajstić information content (AvgIpc) is 2.96. The number of carboxylic acid groups (broad SMARTS) is 1. The molecule has 21 heavy (non-hydrogen) atoms. The minimum atomic E-state index is -1.12. The maximum atomic E-state index is 11.9. The van der Waals surface area contributed by atoms with E-state index in [0.29, 0.717) is 0 Å². The predicted molar refractivity (Wildman–Crippen MR) is 77.4 cm³/mol. The van der Waals surface area contributed by atoms with Crippen molar-refractivity contribution >= 4 is 11.9 Å². The van der Waals surface area contributed by atoms with Crippen LogP contribution in [0.2, 0.25) is 0 Å². The summed E-state index contributed by atoms with van der Waals surface area (Å²) in [5, 5.41) is 11.6. The van der Waals surface area contributed by atoms with Crippen molar-refractivity contribution in [3.63, 3.8) is 0 Å².